The summed E-state index contributed by atoms with van der Waals surface area (Å²) in [5.74, 6) is 0. The molecule has 0 heterocycles. The van der Waals surface area contributed by atoms with E-state index in [0.29, 0.717) is 0 Å². The number of fused-ring (bicyclic) bond motifs is 2. The second kappa shape index (κ2) is 15.5. The van der Waals surface area contributed by atoms with Crippen molar-refractivity contribution in [2.24, 2.45) is 0 Å². The first kappa shape index (κ1) is 34.8. The fourth-order valence-electron chi connectivity index (χ4n) is 8.24. The quantitative estimate of drug-likeness (QED) is 0.145. The molecule has 10 aromatic rings. The van der Waals surface area contributed by atoms with E-state index in [1.54, 1.807) is 0 Å². The first-order valence-electron chi connectivity index (χ1n) is 19.8. The van der Waals surface area contributed by atoms with Gasteiger partial charge in [0.15, 0.2) is 0 Å². The average molecular weight is 741 g/mol. The van der Waals surface area contributed by atoms with Gasteiger partial charge >= 0.3 is 0 Å². The van der Waals surface area contributed by atoms with Gasteiger partial charge in [-0.15, -0.1) is 0 Å². The summed E-state index contributed by atoms with van der Waals surface area (Å²) in [7, 11) is 0. The zero-order valence-corrected chi connectivity index (χ0v) is 32.0. The standard InChI is InChI=1S/C56H40N2/c1-4-17-41(18-5-1)44-22-14-28-50(37-44)57(47-24-6-2-7-25-47)49-35-33-42(34-36-49)45-23-15-29-51(38-45)58(48-26-8-3-9-27-48)52-39-46-20-11-13-31-54(46)56(40-52)55-32-16-21-43-19-10-12-30-53(43)55/h1-40H. The number of hydrogen-bond acceptors (Lipinski definition) is 2. The molecule has 0 saturated carbocycles. The largest absolute Gasteiger partial charge is 0.310 e. The Labute approximate surface area is 340 Å². The van der Waals surface area contributed by atoms with Crippen LogP contribution >= 0.6 is 0 Å². The maximum absolute atomic E-state index is 2.38. The van der Waals surface area contributed by atoms with Gasteiger partial charge in [-0.25, -0.2) is 0 Å². The highest BCUT2D eigenvalue weighted by Gasteiger charge is 2.18. The van der Waals surface area contributed by atoms with Gasteiger partial charge in [0.05, 0.1) is 0 Å². The summed E-state index contributed by atoms with van der Waals surface area (Å²) in [4.78, 5) is 4.72. The van der Waals surface area contributed by atoms with E-state index in [0.717, 1.165) is 45.3 Å². The van der Waals surface area contributed by atoms with Crippen molar-refractivity contribution in [1.29, 1.82) is 0 Å². The van der Waals surface area contributed by atoms with Crippen molar-refractivity contribution in [2.45, 2.75) is 0 Å². The van der Waals surface area contributed by atoms with E-state index in [1.165, 1.54) is 43.8 Å². The van der Waals surface area contributed by atoms with E-state index in [1.807, 2.05) is 0 Å². The summed E-state index contributed by atoms with van der Waals surface area (Å²) in [6.45, 7) is 0. The van der Waals surface area contributed by atoms with Crippen LogP contribution in [0.4, 0.5) is 34.1 Å². The normalized spacial score (nSPS) is 11.1. The third kappa shape index (κ3) is 6.78. The summed E-state index contributed by atoms with van der Waals surface area (Å²) in [5.41, 5.74) is 13.8. The van der Waals surface area contributed by atoms with Crippen LogP contribution in [-0.2, 0) is 0 Å². The second-order valence-electron chi connectivity index (χ2n) is 14.6. The first-order valence-corrected chi connectivity index (χ1v) is 19.8. The Kier molecular flexibility index (Phi) is 9.27. The van der Waals surface area contributed by atoms with Crippen molar-refractivity contribution in [3.63, 3.8) is 0 Å². The molecule has 10 rings (SSSR count). The molecular formula is C56H40N2. The molecular weight excluding hydrogens is 701 g/mol. The van der Waals surface area contributed by atoms with Crippen LogP contribution in [-0.4, -0.2) is 0 Å². The Morgan fingerprint density at radius 3 is 1.24 bits per heavy atom. The highest BCUT2D eigenvalue weighted by atomic mass is 15.1. The number of anilines is 6. The van der Waals surface area contributed by atoms with Crippen LogP contribution in [0.2, 0.25) is 0 Å². The Morgan fingerprint density at radius 2 is 0.621 bits per heavy atom. The Morgan fingerprint density at radius 1 is 0.207 bits per heavy atom. The van der Waals surface area contributed by atoms with Crippen LogP contribution in [0.25, 0.3) is 54.9 Å². The monoisotopic (exact) mass is 740 g/mol. The van der Waals surface area contributed by atoms with Gasteiger partial charge in [-0.1, -0.05) is 170 Å². The molecule has 0 N–H and O–H groups in total. The Hall–Kier alpha value is -7.68. The van der Waals surface area contributed by atoms with Gasteiger partial charge in [-0.2, -0.15) is 0 Å². The molecule has 0 atom stereocenters. The summed E-state index contributed by atoms with van der Waals surface area (Å²) in [6.07, 6.45) is 0. The summed E-state index contributed by atoms with van der Waals surface area (Å²) < 4.78 is 0. The molecule has 2 nitrogen and oxygen atoms in total. The molecule has 0 aliphatic rings. The lowest BCUT2D eigenvalue weighted by atomic mass is 9.93. The average Bonchev–Trinajstić information content (AvgIpc) is 3.30. The number of rotatable bonds is 9. The maximum Gasteiger partial charge on any atom is 0.0474 e. The van der Waals surface area contributed by atoms with Gasteiger partial charge in [0.1, 0.15) is 0 Å². The fourth-order valence-corrected chi connectivity index (χ4v) is 8.24. The molecule has 58 heavy (non-hydrogen) atoms. The molecule has 0 aliphatic carbocycles. The van der Waals surface area contributed by atoms with E-state index >= 15 is 0 Å². The molecule has 2 heteroatoms. The zero-order valence-electron chi connectivity index (χ0n) is 32.0. The molecule has 0 saturated heterocycles. The Balaban J connectivity index is 1.06. The third-order valence-electron chi connectivity index (χ3n) is 11.0. The first-order chi connectivity index (χ1) is 28.8. The second-order valence-corrected chi connectivity index (χ2v) is 14.6. The fraction of sp³-hybridized carbons (Fsp3) is 0. The van der Waals surface area contributed by atoms with Crippen LogP contribution in [0.15, 0.2) is 243 Å². The van der Waals surface area contributed by atoms with E-state index in [9.17, 15) is 0 Å². The van der Waals surface area contributed by atoms with Gasteiger partial charge < -0.3 is 9.80 Å². The highest BCUT2D eigenvalue weighted by molar-refractivity contribution is 6.07. The lowest BCUT2D eigenvalue weighted by molar-refractivity contribution is 1.28. The van der Waals surface area contributed by atoms with Crippen molar-refractivity contribution >= 4 is 55.7 Å². The SMILES string of the molecule is c1ccc(-c2cccc(N(c3ccccc3)c3ccc(-c4cccc(N(c5ccccc5)c5cc(-c6cccc7ccccc67)c6ccccc6c5)c4)cc3)c2)cc1. The van der Waals surface area contributed by atoms with E-state index in [2.05, 4.69) is 252 Å². The van der Waals surface area contributed by atoms with Crippen molar-refractivity contribution in [3.8, 4) is 33.4 Å². The third-order valence-corrected chi connectivity index (χ3v) is 11.0. The molecule has 0 aliphatic heterocycles. The number of nitrogens with zero attached hydrogens (tertiary/aromatic N) is 2. The van der Waals surface area contributed by atoms with Gasteiger partial charge in [0, 0.05) is 34.1 Å². The number of para-hydroxylation sites is 2. The molecule has 0 spiro atoms. The predicted octanol–water partition coefficient (Wildman–Crippen LogP) is 15.9. The topological polar surface area (TPSA) is 6.48 Å². The van der Waals surface area contributed by atoms with E-state index in [-0.39, 0.29) is 0 Å². The van der Waals surface area contributed by atoms with Crippen molar-refractivity contribution in [1.82, 2.24) is 0 Å². The molecule has 0 unspecified atom stereocenters. The minimum Gasteiger partial charge on any atom is -0.310 e. The van der Waals surface area contributed by atoms with Crippen LogP contribution < -0.4 is 9.80 Å². The summed E-state index contributed by atoms with van der Waals surface area (Å²) >= 11 is 0. The summed E-state index contributed by atoms with van der Waals surface area (Å²) in [5, 5.41) is 4.92. The smallest absolute Gasteiger partial charge is 0.0474 e. The maximum atomic E-state index is 2.38. The molecule has 10 aromatic carbocycles. The van der Waals surface area contributed by atoms with Gasteiger partial charge in [0.25, 0.3) is 0 Å². The summed E-state index contributed by atoms with van der Waals surface area (Å²) in [6, 6.07) is 87.3. The van der Waals surface area contributed by atoms with Crippen molar-refractivity contribution in [3.05, 3.63) is 243 Å². The van der Waals surface area contributed by atoms with E-state index in [4.69, 9.17) is 0 Å². The predicted molar refractivity (Wildman–Crippen MR) is 247 cm³/mol. The van der Waals surface area contributed by atoms with Crippen molar-refractivity contribution in [2.75, 3.05) is 9.80 Å². The lowest BCUT2D eigenvalue weighted by Gasteiger charge is -2.27. The molecule has 0 aromatic heterocycles. The van der Waals surface area contributed by atoms with Crippen LogP contribution in [0.5, 0.6) is 0 Å². The molecule has 0 amide bonds. The number of benzene rings is 10. The molecule has 274 valence electrons. The number of hydrogen-bond donors (Lipinski definition) is 0. The minimum absolute atomic E-state index is 1.09. The van der Waals surface area contributed by atoms with Gasteiger partial charge in [-0.3, -0.25) is 0 Å². The van der Waals surface area contributed by atoms with Gasteiger partial charge in [-0.05, 0) is 128 Å². The van der Waals surface area contributed by atoms with Crippen LogP contribution in [0.1, 0.15) is 0 Å². The molecule has 0 radical (unpaired) electrons. The lowest BCUT2D eigenvalue weighted by Crippen LogP contribution is -2.10. The molecule has 0 bridgehead atoms. The zero-order chi connectivity index (χ0) is 38.7. The Bertz CT molecular complexity index is 2990. The molecule has 0 fully saturated rings. The van der Waals surface area contributed by atoms with Crippen LogP contribution in [0, 0.1) is 0 Å². The minimum atomic E-state index is 1.09. The van der Waals surface area contributed by atoms with E-state index < -0.39 is 0 Å². The highest BCUT2D eigenvalue weighted by Crippen LogP contribution is 2.43. The van der Waals surface area contributed by atoms with Gasteiger partial charge in [0.2, 0.25) is 0 Å². The van der Waals surface area contributed by atoms with Crippen molar-refractivity contribution < 1.29 is 0 Å². The van der Waals surface area contributed by atoms with Crippen LogP contribution in [0.3, 0.4) is 0 Å².